The highest BCUT2D eigenvalue weighted by Gasteiger charge is 2.35. The minimum absolute atomic E-state index is 0.0187. The minimum atomic E-state index is -0.182. The Labute approximate surface area is 202 Å². The summed E-state index contributed by atoms with van der Waals surface area (Å²) in [7, 11) is 0. The maximum atomic E-state index is 13.5. The van der Waals surface area contributed by atoms with Crippen LogP contribution in [0.1, 0.15) is 25.3 Å². The molecule has 3 aliphatic rings. The highest BCUT2D eigenvalue weighted by molar-refractivity contribution is 8.26. The van der Waals surface area contributed by atoms with Gasteiger partial charge in [0, 0.05) is 39.0 Å². The second-order valence-corrected chi connectivity index (χ2v) is 10.1. The lowest BCUT2D eigenvalue weighted by Crippen LogP contribution is -2.47. The molecule has 1 atom stereocenters. The number of rotatable bonds is 5. The zero-order chi connectivity index (χ0) is 22.9. The first-order valence-electron chi connectivity index (χ1n) is 11.4. The lowest BCUT2D eigenvalue weighted by atomic mass is 10.2. The van der Waals surface area contributed by atoms with Gasteiger partial charge in [0.25, 0.3) is 11.5 Å². The van der Waals surface area contributed by atoms with Gasteiger partial charge in [-0.15, -0.1) is 0 Å². The summed E-state index contributed by atoms with van der Waals surface area (Å²) in [4.78, 5) is 38.1. The number of aromatic nitrogens is 2. The number of carbonyl (C=O) groups is 1. The van der Waals surface area contributed by atoms with Crippen LogP contribution in [0.5, 0.6) is 0 Å². The fourth-order valence-electron chi connectivity index (χ4n) is 4.51. The van der Waals surface area contributed by atoms with E-state index in [-0.39, 0.29) is 17.6 Å². The summed E-state index contributed by atoms with van der Waals surface area (Å²) in [5, 5.41) is 0. The Morgan fingerprint density at radius 3 is 2.79 bits per heavy atom. The van der Waals surface area contributed by atoms with Gasteiger partial charge in [-0.3, -0.25) is 18.9 Å². The smallest absolute Gasteiger partial charge is 0.267 e. The maximum Gasteiger partial charge on any atom is 0.267 e. The number of fused-ring (bicyclic) bond motifs is 1. The molecule has 0 radical (unpaired) electrons. The summed E-state index contributed by atoms with van der Waals surface area (Å²) in [6.07, 6.45) is 5.35. The molecule has 33 heavy (non-hydrogen) atoms. The number of nitrogens with zero attached hydrogens (tertiary/aromatic N) is 5. The summed E-state index contributed by atoms with van der Waals surface area (Å²) in [5.74, 6) is 0.464. The van der Waals surface area contributed by atoms with Crippen LogP contribution in [-0.4, -0.2) is 81.4 Å². The third-order valence-corrected chi connectivity index (χ3v) is 7.80. The fraction of sp³-hybridized carbons (Fsp3) is 0.478. The molecule has 8 nitrogen and oxygen atoms in total. The lowest BCUT2D eigenvalue weighted by Gasteiger charge is -2.35. The number of hydrogen-bond acceptors (Lipinski definition) is 8. The molecule has 174 valence electrons. The SMILES string of the molecule is CCN1CCN(c2nc3ccccn3c(=O)c2/C=C2\SC(=S)N(C[C@@H]3CCCO3)C2=O)CC1. The van der Waals surface area contributed by atoms with Gasteiger partial charge in [-0.1, -0.05) is 37.0 Å². The van der Waals surface area contributed by atoms with E-state index >= 15 is 0 Å². The van der Waals surface area contributed by atoms with Crippen LogP contribution < -0.4 is 10.5 Å². The third kappa shape index (κ3) is 4.44. The topological polar surface area (TPSA) is 70.4 Å². The summed E-state index contributed by atoms with van der Waals surface area (Å²) < 4.78 is 7.73. The predicted molar refractivity (Wildman–Crippen MR) is 135 cm³/mol. The monoisotopic (exact) mass is 485 g/mol. The van der Waals surface area contributed by atoms with E-state index in [1.165, 1.54) is 16.2 Å². The molecule has 5 rings (SSSR count). The van der Waals surface area contributed by atoms with Gasteiger partial charge in [0.1, 0.15) is 15.8 Å². The van der Waals surface area contributed by atoms with E-state index in [1.54, 1.807) is 23.2 Å². The highest BCUT2D eigenvalue weighted by atomic mass is 32.2. The number of thiocarbonyl (C=S) groups is 1. The zero-order valence-electron chi connectivity index (χ0n) is 18.6. The lowest BCUT2D eigenvalue weighted by molar-refractivity contribution is -0.123. The number of thioether (sulfide) groups is 1. The average molecular weight is 486 g/mol. The molecule has 0 aromatic carbocycles. The van der Waals surface area contributed by atoms with E-state index in [1.807, 2.05) is 12.1 Å². The second-order valence-electron chi connectivity index (χ2n) is 8.43. The fourth-order valence-corrected chi connectivity index (χ4v) is 5.77. The molecule has 5 heterocycles. The summed E-state index contributed by atoms with van der Waals surface area (Å²) >= 11 is 6.74. The third-order valence-electron chi connectivity index (χ3n) is 6.43. The van der Waals surface area contributed by atoms with E-state index in [9.17, 15) is 9.59 Å². The van der Waals surface area contributed by atoms with Crippen molar-refractivity contribution in [2.45, 2.75) is 25.9 Å². The van der Waals surface area contributed by atoms with Gasteiger partial charge in [0.2, 0.25) is 0 Å². The van der Waals surface area contributed by atoms with E-state index in [2.05, 4.69) is 16.7 Å². The summed E-state index contributed by atoms with van der Waals surface area (Å²) in [5.41, 5.74) is 0.845. The van der Waals surface area contributed by atoms with Gasteiger partial charge < -0.3 is 14.5 Å². The van der Waals surface area contributed by atoms with E-state index in [0.29, 0.717) is 32.8 Å². The van der Waals surface area contributed by atoms with Crippen LogP contribution in [0.3, 0.4) is 0 Å². The van der Waals surface area contributed by atoms with Crippen LogP contribution in [-0.2, 0) is 9.53 Å². The van der Waals surface area contributed by atoms with Gasteiger partial charge in [0.05, 0.1) is 23.1 Å². The zero-order valence-corrected chi connectivity index (χ0v) is 20.2. The molecule has 3 saturated heterocycles. The van der Waals surface area contributed by atoms with Crippen molar-refractivity contribution in [1.29, 1.82) is 0 Å². The van der Waals surface area contributed by atoms with Crippen molar-refractivity contribution in [1.82, 2.24) is 19.2 Å². The molecule has 0 N–H and O–H groups in total. The molecule has 1 amide bonds. The number of likely N-dealkylation sites (N-methyl/N-ethyl adjacent to an activating group) is 1. The molecule has 0 aliphatic carbocycles. The van der Waals surface area contributed by atoms with Crippen LogP contribution in [0, 0.1) is 0 Å². The Morgan fingerprint density at radius 1 is 1.24 bits per heavy atom. The molecular formula is C23H27N5O3S2. The number of hydrogen-bond donors (Lipinski definition) is 0. The quantitative estimate of drug-likeness (QED) is 0.472. The average Bonchev–Trinajstić information content (AvgIpc) is 3.45. The number of anilines is 1. The highest BCUT2D eigenvalue weighted by Crippen LogP contribution is 2.34. The van der Waals surface area contributed by atoms with Crippen molar-refractivity contribution in [3.63, 3.8) is 0 Å². The van der Waals surface area contributed by atoms with E-state index in [4.69, 9.17) is 21.9 Å². The molecular weight excluding hydrogens is 458 g/mol. The second kappa shape index (κ2) is 9.54. The molecule has 2 aromatic rings. The van der Waals surface area contributed by atoms with Crippen molar-refractivity contribution < 1.29 is 9.53 Å². The molecule has 3 fully saturated rings. The van der Waals surface area contributed by atoms with Gasteiger partial charge in [-0.25, -0.2) is 4.98 Å². The summed E-state index contributed by atoms with van der Waals surface area (Å²) in [6.45, 7) is 7.73. The van der Waals surface area contributed by atoms with Gasteiger partial charge in [-0.2, -0.15) is 0 Å². The number of amides is 1. The molecule has 0 unspecified atom stereocenters. The molecule has 2 aromatic heterocycles. The first-order valence-corrected chi connectivity index (χ1v) is 12.6. The first kappa shape index (κ1) is 22.5. The maximum absolute atomic E-state index is 13.5. The van der Waals surface area contributed by atoms with Crippen LogP contribution >= 0.6 is 24.0 Å². The Balaban J connectivity index is 1.52. The van der Waals surface area contributed by atoms with Gasteiger partial charge in [-0.05, 0) is 37.6 Å². The van der Waals surface area contributed by atoms with Crippen molar-refractivity contribution in [2.24, 2.45) is 0 Å². The largest absolute Gasteiger partial charge is 0.376 e. The Morgan fingerprint density at radius 2 is 2.06 bits per heavy atom. The normalized spacial score (nSPS) is 23.4. The molecule has 3 aliphatic heterocycles. The molecule has 0 bridgehead atoms. The minimum Gasteiger partial charge on any atom is -0.376 e. The predicted octanol–water partition coefficient (Wildman–Crippen LogP) is 2.22. The van der Waals surface area contributed by atoms with Crippen LogP contribution in [0.4, 0.5) is 5.82 Å². The number of piperazine rings is 1. The van der Waals surface area contributed by atoms with Crippen LogP contribution in [0.25, 0.3) is 11.7 Å². The van der Waals surface area contributed by atoms with Gasteiger partial charge >= 0.3 is 0 Å². The number of ether oxygens (including phenoxy) is 1. The molecule has 0 spiro atoms. The van der Waals surface area contributed by atoms with E-state index in [0.717, 1.165) is 52.2 Å². The standard InChI is InChI=1S/C23H27N5O3S2/c1-2-25-9-11-26(12-10-25)20-17(21(29)27-8-4-3-7-19(27)24-20)14-18-22(30)28(23(32)33-18)15-16-6-5-13-31-16/h3-4,7-8,14,16H,2,5-6,9-13,15H2,1H3/b18-14-/t16-/m0/s1. The molecule has 0 saturated carbocycles. The van der Waals surface area contributed by atoms with Gasteiger partial charge in [0.15, 0.2) is 0 Å². The van der Waals surface area contributed by atoms with Crippen LogP contribution in [0.2, 0.25) is 0 Å². The van der Waals surface area contributed by atoms with E-state index < -0.39 is 0 Å². The first-order chi connectivity index (χ1) is 16.0. The molecule has 10 heteroatoms. The summed E-state index contributed by atoms with van der Waals surface area (Å²) in [6, 6.07) is 5.51. The number of carbonyl (C=O) groups excluding carboxylic acids is 1. The van der Waals surface area contributed by atoms with Crippen LogP contribution in [0.15, 0.2) is 34.1 Å². The van der Waals surface area contributed by atoms with Crippen molar-refractivity contribution in [2.75, 3.05) is 50.8 Å². The van der Waals surface area contributed by atoms with Crippen molar-refractivity contribution >= 4 is 51.7 Å². The Bertz CT molecular complexity index is 1170. The van der Waals surface area contributed by atoms with Crippen molar-refractivity contribution in [3.05, 3.63) is 45.2 Å². The Hall–Kier alpha value is -2.27. The number of pyridine rings is 1. The Kier molecular flexibility index (Phi) is 6.51. The van der Waals surface area contributed by atoms with Crippen molar-refractivity contribution in [3.8, 4) is 0 Å².